The minimum absolute atomic E-state index is 0.0219. The number of aromatic amines is 1. The first kappa shape index (κ1) is 16.3. The van der Waals surface area contributed by atoms with E-state index in [1.807, 2.05) is 30.3 Å². The second-order valence-electron chi connectivity index (χ2n) is 4.99. The summed E-state index contributed by atoms with van der Waals surface area (Å²) in [5, 5.41) is 18.3. The molecule has 0 aliphatic carbocycles. The van der Waals surface area contributed by atoms with Crippen molar-refractivity contribution in [1.29, 1.82) is 0 Å². The molecule has 25 heavy (non-hydrogen) atoms. The third-order valence-electron chi connectivity index (χ3n) is 3.51. The van der Waals surface area contributed by atoms with Gasteiger partial charge in [0.25, 0.3) is 5.88 Å². The molecule has 1 heterocycles. The number of rotatable bonds is 6. The number of carbonyl (C=O) groups is 1. The molecule has 1 aromatic heterocycles. The van der Waals surface area contributed by atoms with Gasteiger partial charge in [0.15, 0.2) is 11.5 Å². The van der Waals surface area contributed by atoms with E-state index < -0.39 is 5.97 Å². The van der Waals surface area contributed by atoms with Crippen LogP contribution in [0.5, 0.6) is 23.1 Å². The minimum Gasteiger partial charge on any atom is -0.493 e. The molecular weight excluding hydrogens is 326 g/mol. The molecule has 3 aromatic rings. The molecule has 0 aliphatic heterocycles. The highest BCUT2D eigenvalue weighted by atomic mass is 16.5. The van der Waals surface area contributed by atoms with Gasteiger partial charge in [-0.05, 0) is 35.4 Å². The summed E-state index contributed by atoms with van der Waals surface area (Å²) in [7, 11) is 3.16. The molecule has 8 heteroatoms. The summed E-state index contributed by atoms with van der Waals surface area (Å²) < 4.78 is 16.0. The van der Waals surface area contributed by atoms with Crippen molar-refractivity contribution in [1.82, 2.24) is 15.4 Å². The summed E-state index contributed by atoms with van der Waals surface area (Å²) in [4.78, 5) is 11.0. The van der Waals surface area contributed by atoms with Crippen molar-refractivity contribution >= 4 is 5.97 Å². The molecule has 0 bridgehead atoms. The number of nitrogens with zero attached hydrogens (tertiary/aromatic N) is 2. The topological polar surface area (TPSA) is 107 Å². The molecule has 128 valence electrons. The Balaban J connectivity index is 1.83. The van der Waals surface area contributed by atoms with E-state index in [-0.39, 0.29) is 11.6 Å². The fourth-order valence-electron chi connectivity index (χ4n) is 2.28. The van der Waals surface area contributed by atoms with Crippen LogP contribution in [0.15, 0.2) is 42.5 Å². The van der Waals surface area contributed by atoms with E-state index in [0.717, 1.165) is 11.1 Å². The lowest BCUT2D eigenvalue weighted by Crippen LogP contribution is -1.99. The number of benzene rings is 2. The highest BCUT2D eigenvalue weighted by Gasteiger charge is 2.16. The quantitative estimate of drug-likeness (QED) is 0.710. The van der Waals surface area contributed by atoms with Crippen LogP contribution >= 0.6 is 0 Å². The second-order valence-corrected chi connectivity index (χ2v) is 4.99. The van der Waals surface area contributed by atoms with Gasteiger partial charge in [-0.15, -0.1) is 5.10 Å². The molecule has 2 N–H and O–H groups in total. The van der Waals surface area contributed by atoms with Crippen LogP contribution < -0.4 is 14.2 Å². The molecular formula is C17H15N3O5. The van der Waals surface area contributed by atoms with E-state index in [1.165, 1.54) is 0 Å². The Kier molecular flexibility index (Phi) is 4.51. The van der Waals surface area contributed by atoms with Crippen molar-refractivity contribution in [3.05, 3.63) is 48.2 Å². The smallest absolute Gasteiger partial charge is 0.362 e. The van der Waals surface area contributed by atoms with Gasteiger partial charge in [-0.1, -0.05) is 23.4 Å². The van der Waals surface area contributed by atoms with E-state index in [9.17, 15) is 4.79 Å². The zero-order chi connectivity index (χ0) is 17.8. The zero-order valence-corrected chi connectivity index (χ0v) is 13.5. The number of carboxylic acid groups (broad SMARTS) is 1. The fraction of sp³-hybridized carbons (Fsp3) is 0.118. The molecule has 0 saturated carbocycles. The Hall–Kier alpha value is -3.55. The first-order valence-electron chi connectivity index (χ1n) is 7.27. The summed E-state index contributed by atoms with van der Waals surface area (Å²) in [6.45, 7) is 0. The van der Waals surface area contributed by atoms with Crippen molar-refractivity contribution in [2.45, 2.75) is 0 Å². The number of methoxy groups -OCH3 is 2. The maximum absolute atomic E-state index is 11.0. The number of hydrogen-bond acceptors (Lipinski definition) is 6. The molecule has 0 atom stereocenters. The average Bonchev–Trinajstić information content (AvgIpc) is 3.10. The molecule has 8 nitrogen and oxygen atoms in total. The predicted octanol–water partition coefficient (Wildman–Crippen LogP) is 2.98. The van der Waals surface area contributed by atoms with Gasteiger partial charge in [-0.2, -0.15) is 0 Å². The van der Waals surface area contributed by atoms with Gasteiger partial charge in [0, 0.05) is 0 Å². The number of aromatic carboxylic acids is 1. The van der Waals surface area contributed by atoms with Crippen LogP contribution in [0.3, 0.4) is 0 Å². The Morgan fingerprint density at radius 1 is 1.00 bits per heavy atom. The lowest BCUT2D eigenvalue weighted by atomic mass is 10.1. The summed E-state index contributed by atoms with van der Waals surface area (Å²) in [5.41, 5.74) is 1.61. The Morgan fingerprint density at radius 3 is 2.32 bits per heavy atom. The van der Waals surface area contributed by atoms with E-state index in [0.29, 0.717) is 17.2 Å². The number of nitrogens with one attached hydrogen (secondary N) is 1. The summed E-state index contributed by atoms with van der Waals surface area (Å²) >= 11 is 0. The van der Waals surface area contributed by atoms with Crippen LogP contribution in [0.1, 0.15) is 10.5 Å². The minimum atomic E-state index is -1.22. The number of carboxylic acids is 1. The second kappa shape index (κ2) is 6.91. The van der Waals surface area contributed by atoms with Gasteiger partial charge in [0.05, 0.1) is 14.2 Å². The van der Waals surface area contributed by atoms with Crippen LogP contribution in [0.4, 0.5) is 0 Å². The van der Waals surface area contributed by atoms with E-state index in [1.54, 1.807) is 26.4 Å². The third kappa shape index (κ3) is 3.37. The van der Waals surface area contributed by atoms with Gasteiger partial charge in [-0.3, -0.25) is 0 Å². The van der Waals surface area contributed by atoms with Crippen LogP contribution in [-0.2, 0) is 0 Å². The monoisotopic (exact) mass is 341 g/mol. The van der Waals surface area contributed by atoms with Crippen LogP contribution in [0.2, 0.25) is 0 Å². The summed E-state index contributed by atoms with van der Waals surface area (Å²) in [6, 6.07) is 12.8. The number of ether oxygens (including phenoxy) is 3. The summed E-state index contributed by atoms with van der Waals surface area (Å²) in [6.07, 6.45) is 0. The molecule has 0 saturated heterocycles. The average molecular weight is 341 g/mol. The normalized spacial score (nSPS) is 10.3. The van der Waals surface area contributed by atoms with E-state index in [2.05, 4.69) is 15.4 Å². The summed E-state index contributed by atoms with van der Waals surface area (Å²) in [5.74, 6) is 0.504. The van der Waals surface area contributed by atoms with Crippen molar-refractivity contribution in [3.8, 4) is 34.3 Å². The SMILES string of the molecule is COc1ccc(-c2ccc(Oc3[nH]nnc3C(=O)O)cc2)cc1OC. The van der Waals surface area contributed by atoms with E-state index in [4.69, 9.17) is 19.3 Å². The Morgan fingerprint density at radius 2 is 1.68 bits per heavy atom. The molecule has 0 radical (unpaired) electrons. The number of hydrogen-bond donors (Lipinski definition) is 2. The van der Waals surface area contributed by atoms with Gasteiger partial charge in [-0.25, -0.2) is 9.89 Å². The van der Waals surface area contributed by atoms with Crippen molar-refractivity contribution in [3.63, 3.8) is 0 Å². The molecule has 0 fully saturated rings. The highest BCUT2D eigenvalue weighted by molar-refractivity contribution is 5.87. The van der Waals surface area contributed by atoms with Gasteiger partial charge < -0.3 is 19.3 Å². The van der Waals surface area contributed by atoms with Gasteiger partial charge >= 0.3 is 5.97 Å². The van der Waals surface area contributed by atoms with Gasteiger partial charge in [0.1, 0.15) is 5.75 Å². The lowest BCUT2D eigenvalue weighted by molar-refractivity contribution is 0.0687. The maximum Gasteiger partial charge on any atom is 0.362 e. The Bertz CT molecular complexity index is 890. The number of aromatic nitrogens is 3. The van der Waals surface area contributed by atoms with Crippen LogP contribution in [0.25, 0.3) is 11.1 Å². The highest BCUT2D eigenvalue weighted by Crippen LogP contribution is 2.33. The van der Waals surface area contributed by atoms with Crippen molar-refractivity contribution in [2.75, 3.05) is 14.2 Å². The zero-order valence-electron chi connectivity index (χ0n) is 13.5. The largest absolute Gasteiger partial charge is 0.493 e. The predicted molar refractivity (Wildman–Crippen MR) is 88.4 cm³/mol. The molecule has 3 rings (SSSR count). The standard InChI is InChI=1S/C17H15N3O5/c1-23-13-8-5-11(9-14(13)24-2)10-3-6-12(7-4-10)25-16-15(17(21)22)18-20-19-16/h3-9H,1-2H3,(H,21,22)(H,18,19,20). The number of H-pyrrole nitrogens is 1. The Labute approximate surface area is 143 Å². The van der Waals surface area contributed by atoms with Gasteiger partial charge in [0.2, 0.25) is 5.69 Å². The first-order chi connectivity index (χ1) is 12.1. The molecule has 0 unspecified atom stereocenters. The van der Waals surface area contributed by atoms with Crippen molar-refractivity contribution < 1.29 is 24.1 Å². The van der Waals surface area contributed by atoms with E-state index >= 15 is 0 Å². The maximum atomic E-state index is 11.0. The van der Waals surface area contributed by atoms with Crippen molar-refractivity contribution in [2.24, 2.45) is 0 Å². The molecule has 0 aliphatic rings. The lowest BCUT2D eigenvalue weighted by Gasteiger charge is -2.10. The third-order valence-corrected chi connectivity index (χ3v) is 3.51. The van der Waals surface area contributed by atoms with Crippen LogP contribution in [0, 0.1) is 0 Å². The first-order valence-corrected chi connectivity index (χ1v) is 7.27. The van der Waals surface area contributed by atoms with Crippen LogP contribution in [-0.4, -0.2) is 40.7 Å². The molecule has 0 amide bonds. The fourth-order valence-corrected chi connectivity index (χ4v) is 2.28. The molecule has 0 spiro atoms. The molecule has 2 aromatic carbocycles.